The van der Waals surface area contributed by atoms with E-state index in [1.807, 2.05) is 0 Å². The van der Waals surface area contributed by atoms with Crippen LogP contribution in [0, 0.1) is 0 Å². The van der Waals surface area contributed by atoms with Gasteiger partial charge in [-0.25, -0.2) is 13.6 Å². The number of nitrogens with two attached hydrogens (primary N) is 1. The van der Waals surface area contributed by atoms with Crippen LogP contribution in [0.2, 0.25) is 0 Å². The van der Waals surface area contributed by atoms with Crippen molar-refractivity contribution in [3.05, 3.63) is 59.7 Å². The fourth-order valence-electron chi connectivity index (χ4n) is 3.32. The summed E-state index contributed by atoms with van der Waals surface area (Å²) in [6.07, 6.45) is 10.4. The average molecular weight is 613 g/mol. The number of nitrogens with one attached hydrogen (secondary N) is 3. The molecule has 2 aromatic heterocycles. The van der Waals surface area contributed by atoms with Gasteiger partial charge in [-0.1, -0.05) is 0 Å². The minimum absolute atomic E-state index is 0. The molecule has 0 atom stereocenters. The quantitative estimate of drug-likeness (QED) is 0.303. The highest BCUT2D eigenvalue weighted by molar-refractivity contribution is 5.94. The molecule has 2 heterocycles. The summed E-state index contributed by atoms with van der Waals surface area (Å²) in [5.74, 6) is -0.307. The van der Waals surface area contributed by atoms with Crippen LogP contribution in [-0.4, -0.2) is 68.2 Å². The molecular weight excluding hydrogens is 574 g/mol. The van der Waals surface area contributed by atoms with Gasteiger partial charge in [0, 0.05) is 37.6 Å². The smallest absolute Gasteiger partial charge is 0.407 e. The van der Waals surface area contributed by atoms with Crippen LogP contribution in [0.5, 0.6) is 0 Å². The number of aromatic nitrogens is 4. The number of amides is 3. The Balaban J connectivity index is 0.000000302. The first-order valence-corrected chi connectivity index (χ1v) is 13.4. The van der Waals surface area contributed by atoms with Crippen LogP contribution in [0.3, 0.4) is 0 Å². The topological polar surface area (TPSA) is 158 Å². The lowest BCUT2D eigenvalue weighted by molar-refractivity contribution is 0.0531. The number of hydrogen-bond donors (Lipinski definition) is 4. The van der Waals surface area contributed by atoms with Crippen LogP contribution in [-0.2, 0) is 17.8 Å². The molecule has 0 radical (unpaired) electrons. The highest BCUT2D eigenvalue weighted by Gasteiger charge is 2.25. The molecule has 2 aliphatic carbocycles. The summed E-state index contributed by atoms with van der Waals surface area (Å²) in [5, 5.41) is 16.2. The van der Waals surface area contributed by atoms with Crippen molar-refractivity contribution in [1.29, 1.82) is 0 Å². The molecule has 4 rings (SSSR count). The van der Waals surface area contributed by atoms with E-state index in [9.17, 15) is 23.2 Å². The molecule has 5 N–H and O–H groups in total. The molecular formula is C27H39ClF2N8O4. The van der Waals surface area contributed by atoms with Crippen LogP contribution in [0.15, 0.2) is 48.6 Å². The van der Waals surface area contributed by atoms with Gasteiger partial charge in [-0.2, -0.15) is 10.2 Å². The lowest BCUT2D eigenvalue weighted by Gasteiger charge is -2.20. The van der Waals surface area contributed by atoms with E-state index in [1.165, 1.54) is 21.8 Å². The monoisotopic (exact) mass is 612 g/mol. The molecule has 0 spiro atoms. The van der Waals surface area contributed by atoms with Gasteiger partial charge in [0.2, 0.25) is 0 Å². The number of alkyl carbamates (subject to hydrolysis) is 1. The van der Waals surface area contributed by atoms with Gasteiger partial charge >= 0.3 is 6.09 Å². The minimum atomic E-state index is -0.619. The molecule has 15 heteroatoms. The molecule has 3 amide bonds. The molecule has 2 fully saturated rings. The number of nitrogens with zero attached hydrogens (tertiary/aromatic N) is 4. The van der Waals surface area contributed by atoms with Crippen molar-refractivity contribution in [1.82, 2.24) is 35.5 Å². The largest absolute Gasteiger partial charge is 0.444 e. The van der Waals surface area contributed by atoms with Crippen LogP contribution in [0.25, 0.3) is 0 Å². The van der Waals surface area contributed by atoms with Gasteiger partial charge in [-0.15, -0.1) is 12.4 Å². The van der Waals surface area contributed by atoms with Gasteiger partial charge in [0.15, 0.2) is 0 Å². The zero-order valence-corrected chi connectivity index (χ0v) is 24.8. The van der Waals surface area contributed by atoms with Crippen molar-refractivity contribution in [3.8, 4) is 0 Å². The summed E-state index contributed by atoms with van der Waals surface area (Å²) < 4.78 is 33.4. The maximum atomic E-state index is 13.0. The standard InChI is InChI=1S/C16H23FN4O3.C11H15FN4O.ClH/c1-16(2,3)24-15(23)18-7-11(6-17)9-21-10-12(8-19-21)14(22)20-13-4-5-13;12-3-8(4-13)6-16-7-9(5-14-16)11(17)15-10-1-2-10;/h6,8,10,13H,4-5,7,9H2,1-3H3,(H,18,23)(H,20,22);3,5,7,10H,1-2,4,6,13H2,(H,15,17);1H/b11-6+;8-3+;. The zero-order chi connectivity index (χ0) is 30.0. The van der Waals surface area contributed by atoms with E-state index in [-0.39, 0.29) is 56.4 Å². The maximum Gasteiger partial charge on any atom is 0.407 e. The Morgan fingerprint density at radius 3 is 1.76 bits per heavy atom. The van der Waals surface area contributed by atoms with Crippen LogP contribution in [0.1, 0.15) is 67.2 Å². The minimum Gasteiger partial charge on any atom is -0.444 e. The third kappa shape index (κ3) is 12.4. The summed E-state index contributed by atoms with van der Waals surface area (Å²) in [4.78, 5) is 35.1. The third-order valence-corrected chi connectivity index (χ3v) is 5.78. The Labute approximate surface area is 249 Å². The summed E-state index contributed by atoms with van der Waals surface area (Å²) >= 11 is 0. The first kappa shape index (κ1) is 34.4. The SMILES string of the molecule is CC(C)(C)OC(=O)NC/C(=C\F)Cn1cc(C(=O)NC2CC2)cn1.Cl.NC/C(=C\F)Cn1cc(C(=O)NC2CC2)cn1. The number of rotatable bonds is 11. The third-order valence-electron chi connectivity index (χ3n) is 5.78. The molecule has 12 nitrogen and oxygen atoms in total. The Bertz CT molecular complexity index is 1260. The Morgan fingerprint density at radius 2 is 1.38 bits per heavy atom. The summed E-state index contributed by atoms with van der Waals surface area (Å²) in [6, 6.07) is 0.580. The number of halogens is 3. The Hall–Kier alpha value is -3.78. The van der Waals surface area contributed by atoms with E-state index in [4.69, 9.17) is 10.5 Å². The van der Waals surface area contributed by atoms with Gasteiger partial charge in [-0.05, 0) is 57.6 Å². The van der Waals surface area contributed by atoms with Gasteiger partial charge in [0.05, 0.1) is 49.3 Å². The molecule has 0 unspecified atom stereocenters. The molecule has 0 aliphatic heterocycles. The van der Waals surface area contributed by atoms with Crippen LogP contribution >= 0.6 is 12.4 Å². The number of ether oxygens (including phenoxy) is 1. The summed E-state index contributed by atoms with van der Waals surface area (Å²) in [6.45, 7) is 5.77. The average Bonchev–Trinajstić information content (AvgIpc) is 3.82. The molecule has 232 valence electrons. The zero-order valence-electron chi connectivity index (χ0n) is 23.9. The second kappa shape index (κ2) is 16.0. The fourth-order valence-corrected chi connectivity index (χ4v) is 3.32. The summed E-state index contributed by atoms with van der Waals surface area (Å²) in [5.41, 5.74) is 6.39. The van der Waals surface area contributed by atoms with E-state index in [0.29, 0.717) is 41.0 Å². The summed E-state index contributed by atoms with van der Waals surface area (Å²) in [7, 11) is 0. The number of carbonyl (C=O) groups is 3. The first-order valence-electron chi connectivity index (χ1n) is 13.4. The van der Waals surface area contributed by atoms with E-state index in [2.05, 4.69) is 26.1 Å². The number of hydrogen-bond acceptors (Lipinski definition) is 7. The maximum absolute atomic E-state index is 13.0. The molecule has 0 bridgehead atoms. The van der Waals surface area contributed by atoms with E-state index < -0.39 is 11.7 Å². The highest BCUT2D eigenvalue weighted by atomic mass is 35.5. The van der Waals surface area contributed by atoms with Crippen LogP contribution in [0.4, 0.5) is 13.6 Å². The van der Waals surface area contributed by atoms with Crippen molar-refractivity contribution in [3.63, 3.8) is 0 Å². The lowest BCUT2D eigenvalue weighted by Crippen LogP contribution is -2.34. The van der Waals surface area contributed by atoms with E-state index in [1.54, 1.807) is 33.2 Å². The molecule has 2 saturated carbocycles. The van der Waals surface area contributed by atoms with Crippen molar-refractivity contribution in [2.75, 3.05) is 13.1 Å². The molecule has 0 aromatic carbocycles. The van der Waals surface area contributed by atoms with Crippen molar-refractivity contribution in [2.45, 2.75) is 77.2 Å². The normalized spacial score (nSPS) is 15.1. The lowest BCUT2D eigenvalue weighted by atomic mass is 10.2. The predicted molar refractivity (Wildman–Crippen MR) is 154 cm³/mol. The second-order valence-corrected chi connectivity index (χ2v) is 10.9. The Morgan fingerprint density at radius 1 is 0.929 bits per heavy atom. The Kier molecular flexibility index (Phi) is 13.1. The first-order chi connectivity index (χ1) is 19.5. The van der Waals surface area contributed by atoms with E-state index >= 15 is 0 Å². The van der Waals surface area contributed by atoms with Gasteiger partial charge < -0.3 is 26.4 Å². The molecule has 42 heavy (non-hydrogen) atoms. The van der Waals surface area contributed by atoms with Crippen molar-refractivity contribution < 1.29 is 27.9 Å². The second-order valence-electron chi connectivity index (χ2n) is 10.9. The molecule has 0 saturated heterocycles. The predicted octanol–water partition coefficient (Wildman–Crippen LogP) is 3.16. The van der Waals surface area contributed by atoms with Crippen molar-refractivity contribution >= 4 is 30.3 Å². The molecule has 2 aliphatic rings. The van der Waals surface area contributed by atoms with Crippen LogP contribution < -0.4 is 21.7 Å². The van der Waals surface area contributed by atoms with Gasteiger partial charge in [0.1, 0.15) is 5.60 Å². The van der Waals surface area contributed by atoms with E-state index in [0.717, 1.165) is 25.7 Å². The van der Waals surface area contributed by atoms with Crippen molar-refractivity contribution in [2.24, 2.45) is 5.73 Å². The molecule has 2 aromatic rings. The fraction of sp³-hybridized carbons (Fsp3) is 0.519. The highest BCUT2D eigenvalue weighted by Crippen LogP contribution is 2.20. The number of carbonyl (C=O) groups excluding carboxylic acids is 3. The van der Waals surface area contributed by atoms with Gasteiger partial charge in [-0.3, -0.25) is 19.0 Å². The van der Waals surface area contributed by atoms with Gasteiger partial charge in [0.25, 0.3) is 11.8 Å².